The summed E-state index contributed by atoms with van der Waals surface area (Å²) in [5, 5.41) is 0. The summed E-state index contributed by atoms with van der Waals surface area (Å²) in [7, 11) is -2.20. The maximum absolute atomic E-state index is 13.2. The predicted molar refractivity (Wildman–Crippen MR) is 136 cm³/mol. The first-order valence-electron chi connectivity index (χ1n) is 12.7. The van der Waals surface area contributed by atoms with E-state index in [-0.39, 0.29) is 5.97 Å². The van der Waals surface area contributed by atoms with Crippen molar-refractivity contribution in [2.24, 2.45) is 17.3 Å². The number of allylic oxidation sites excluding steroid dienone is 2. The second-order valence-electron chi connectivity index (χ2n) is 10.6. The Bertz CT molecular complexity index is 598. The molecule has 3 atom stereocenters. The van der Waals surface area contributed by atoms with Crippen LogP contribution in [0.25, 0.3) is 0 Å². The van der Waals surface area contributed by atoms with Gasteiger partial charge in [-0.3, -0.25) is 4.79 Å². The van der Waals surface area contributed by atoms with Crippen molar-refractivity contribution >= 4 is 14.3 Å². The quantitative estimate of drug-likeness (QED) is 0.129. The first-order chi connectivity index (χ1) is 14.5. The molecule has 4 heteroatoms. The standard InChI is InChI=1S/C27H50O3Si/c1-11-13-14-15-16-24-19-25(30-31(20(3)4,21(5)6)22(7)8)27(10,18-17-23(24)9)26(28)29-12-2/h17-24H,11-16H2,1-10H3/t23-,24-,27?/m0/s1. The van der Waals surface area contributed by atoms with E-state index in [0.717, 1.165) is 12.2 Å². The molecule has 180 valence electrons. The predicted octanol–water partition coefficient (Wildman–Crippen LogP) is 8.42. The Morgan fingerprint density at radius 2 is 1.61 bits per heavy atom. The summed E-state index contributed by atoms with van der Waals surface area (Å²) in [4.78, 5) is 13.2. The van der Waals surface area contributed by atoms with Crippen molar-refractivity contribution in [3.63, 3.8) is 0 Å². The van der Waals surface area contributed by atoms with E-state index >= 15 is 0 Å². The van der Waals surface area contributed by atoms with E-state index in [1.165, 1.54) is 25.7 Å². The van der Waals surface area contributed by atoms with Crippen LogP contribution in [0.2, 0.25) is 16.6 Å². The van der Waals surface area contributed by atoms with Crippen molar-refractivity contribution in [1.29, 1.82) is 0 Å². The number of esters is 1. The molecule has 0 bridgehead atoms. The summed E-state index contributed by atoms with van der Waals surface area (Å²) in [5.74, 6) is 1.41. The van der Waals surface area contributed by atoms with Crippen LogP contribution in [0.5, 0.6) is 0 Å². The van der Waals surface area contributed by atoms with Crippen molar-refractivity contribution in [2.45, 2.75) is 118 Å². The third kappa shape index (κ3) is 6.49. The summed E-state index contributed by atoms with van der Waals surface area (Å²) < 4.78 is 12.7. The lowest BCUT2D eigenvalue weighted by molar-refractivity contribution is -0.150. The summed E-state index contributed by atoms with van der Waals surface area (Å²) in [5.41, 5.74) is 0.492. The Morgan fingerprint density at radius 3 is 2.10 bits per heavy atom. The van der Waals surface area contributed by atoms with Crippen LogP contribution in [-0.2, 0) is 14.0 Å². The van der Waals surface area contributed by atoms with E-state index in [1.807, 2.05) is 13.8 Å². The van der Waals surface area contributed by atoms with Gasteiger partial charge in [0.05, 0.1) is 12.4 Å². The molecule has 0 radical (unpaired) electrons. The van der Waals surface area contributed by atoms with Crippen molar-refractivity contribution in [3.8, 4) is 0 Å². The maximum atomic E-state index is 13.2. The van der Waals surface area contributed by atoms with Gasteiger partial charge < -0.3 is 9.16 Å². The lowest BCUT2D eigenvalue weighted by Crippen LogP contribution is -2.49. The van der Waals surface area contributed by atoms with E-state index in [4.69, 9.17) is 9.16 Å². The van der Waals surface area contributed by atoms with Gasteiger partial charge in [-0.15, -0.1) is 0 Å². The minimum Gasteiger partial charge on any atom is -0.545 e. The van der Waals surface area contributed by atoms with Gasteiger partial charge in [-0.1, -0.05) is 93.2 Å². The van der Waals surface area contributed by atoms with Crippen LogP contribution in [0.1, 0.15) is 101 Å². The third-order valence-electron chi connectivity index (χ3n) is 7.37. The fraction of sp³-hybridized carbons (Fsp3) is 0.815. The molecule has 0 saturated heterocycles. The monoisotopic (exact) mass is 450 g/mol. The van der Waals surface area contributed by atoms with Crippen LogP contribution < -0.4 is 0 Å². The molecule has 1 aliphatic carbocycles. The van der Waals surface area contributed by atoms with Gasteiger partial charge >= 0.3 is 5.97 Å². The molecule has 0 heterocycles. The minimum atomic E-state index is -2.20. The molecule has 0 aliphatic heterocycles. The molecule has 0 N–H and O–H groups in total. The van der Waals surface area contributed by atoms with E-state index < -0.39 is 13.7 Å². The van der Waals surface area contributed by atoms with Gasteiger partial charge in [0, 0.05) is 0 Å². The smallest absolute Gasteiger partial charge is 0.323 e. The first kappa shape index (κ1) is 28.0. The van der Waals surface area contributed by atoms with Gasteiger partial charge in [-0.05, 0) is 54.8 Å². The van der Waals surface area contributed by atoms with Gasteiger partial charge in [0.25, 0.3) is 8.32 Å². The lowest BCUT2D eigenvalue weighted by atomic mass is 9.87. The second kappa shape index (κ2) is 12.3. The van der Waals surface area contributed by atoms with Gasteiger partial charge in [0.15, 0.2) is 0 Å². The Hall–Kier alpha value is -1.03. The van der Waals surface area contributed by atoms with Crippen molar-refractivity contribution in [1.82, 2.24) is 0 Å². The number of rotatable bonds is 12. The fourth-order valence-corrected chi connectivity index (χ4v) is 10.7. The molecule has 0 amide bonds. The molecule has 0 aromatic carbocycles. The Kier molecular flexibility index (Phi) is 11.1. The van der Waals surface area contributed by atoms with Crippen LogP contribution in [0.3, 0.4) is 0 Å². The molecule has 31 heavy (non-hydrogen) atoms. The van der Waals surface area contributed by atoms with Gasteiger partial charge in [-0.2, -0.15) is 0 Å². The third-order valence-corrected chi connectivity index (χ3v) is 13.4. The van der Waals surface area contributed by atoms with Crippen molar-refractivity contribution in [2.75, 3.05) is 6.61 Å². The molecule has 3 nitrogen and oxygen atoms in total. The normalized spacial score (nSPS) is 24.5. The molecule has 0 spiro atoms. The highest BCUT2D eigenvalue weighted by Gasteiger charge is 2.51. The summed E-state index contributed by atoms with van der Waals surface area (Å²) in [6, 6.07) is 0. The van der Waals surface area contributed by atoms with Crippen LogP contribution >= 0.6 is 0 Å². The molecular formula is C27H50O3Si. The number of carbonyl (C=O) groups is 1. The summed E-state index contributed by atoms with van der Waals surface area (Å²) in [6.45, 7) is 22.5. The SMILES string of the molecule is CCCCCC[C@H]1C=C(O[Si](C(C)C)(C(C)C)C(C)C)C(C)(C(=O)OCC)C=C[C@@H]1C. The highest BCUT2D eigenvalue weighted by molar-refractivity contribution is 6.77. The van der Waals surface area contributed by atoms with Crippen molar-refractivity contribution in [3.05, 3.63) is 24.0 Å². The average Bonchev–Trinajstić information content (AvgIpc) is 2.80. The van der Waals surface area contributed by atoms with Gasteiger partial charge in [0.2, 0.25) is 0 Å². The maximum Gasteiger partial charge on any atom is 0.323 e. The fourth-order valence-electron chi connectivity index (χ4n) is 5.38. The van der Waals surface area contributed by atoms with Gasteiger partial charge in [0.1, 0.15) is 5.41 Å². The van der Waals surface area contributed by atoms with Crippen LogP contribution in [-0.4, -0.2) is 20.9 Å². The van der Waals surface area contributed by atoms with E-state index in [2.05, 4.69) is 73.6 Å². The molecule has 1 unspecified atom stereocenters. The van der Waals surface area contributed by atoms with Gasteiger partial charge in [-0.25, -0.2) is 0 Å². The molecule has 0 fully saturated rings. The minimum absolute atomic E-state index is 0.199. The number of carbonyl (C=O) groups excluding carboxylic acids is 1. The second-order valence-corrected chi connectivity index (χ2v) is 16.0. The zero-order chi connectivity index (χ0) is 23.8. The van der Waals surface area contributed by atoms with E-state index in [9.17, 15) is 4.79 Å². The summed E-state index contributed by atoms with van der Waals surface area (Å²) >= 11 is 0. The highest BCUT2D eigenvalue weighted by atomic mass is 28.4. The van der Waals surface area contributed by atoms with Crippen LogP contribution in [0, 0.1) is 17.3 Å². The molecular weight excluding hydrogens is 400 g/mol. The average molecular weight is 451 g/mol. The number of ether oxygens (including phenoxy) is 1. The number of unbranched alkanes of at least 4 members (excludes halogenated alkanes) is 3. The zero-order valence-corrected chi connectivity index (χ0v) is 23.1. The zero-order valence-electron chi connectivity index (χ0n) is 22.1. The van der Waals surface area contributed by atoms with E-state index in [0.29, 0.717) is 35.1 Å². The Labute approximate surface area is 194 Å². The topological polar surface area (TPSA) is 35.5 Å². The van der Waals surface area contributed by atoms with Crippen LogP contribution in [0.15, 0.2) is 24.0 Å². The highest BCUT2D eigenvalue weighted by Crippen LogP contribution is 2.48. The molecule has 0 aromatic heterocycles. The Morgan fingerprint density at radius 1 is 1.03 bits per heavy atom. The summed E-state index contributed by atoms with van der Waals surface area (Å²) in [6.07, 6.45) is 12.7. The molecule has 0 aromatic rings. The molecule has 1 aliphatic rings. The first-order valence-corrected chi connectivity index (χ1v) is 14.9. The molecule has 1 rings (SSSR count). The largest absolute Gasteiger partial charge is 0.545 e. The van der Waals surface area contributed by atoms with Crippen molar-refractivity contribution < 1.29 is 14.0 Å². The molecule has 0 saturated carbocycles. The van der Waals surface area contributed by atoms with E-state index in [1.54, 1.807) is 0 Å². The number of hydrogen-bond donors (Lipinski definition) is 0. The lowest BCUT2D eigenvalue weighted by Gasteiger charge is -2.45. The van der Waals surface area contributed by atoms with Crippen LogP contribution in [0.4, 0.5) is 0 Å². The Balaban J connectivity index is 3.49. The number of hydrogen-bond acceptors (Lipinski definition) is 3.